The highest BCUT2D eigenvalue weighted by molar-refractivity contribution is 7.92. The summed E-state index contributed by atoms with van der Waals surface area (Å²) in [7, 11) is -3.12. The molecule has 2 aromatic heterocycles. The number of hydrogen-bond acceptors (Lipinski definition) is 9. The first-order chi connectivity index (χ1) is 18.3. The topological polar surface area (TPSA) is 109 Å². The van der Waals surface area contributed by atoms with Crippen LogP contribution in [0.5, 0.6) is 0 Å². The molecule has 1 saturated heterocycles. The number of ether oxygens (including phenoxy) is 1. The molecule has 0 radical (unpaired) electrons. The Balaban J connectivity index is 1.60. The number of nitrogens with zero attached hydrogens (tertiary/aromatic N) is 4. The van der Waals surface area contributed by atoms with Gasteiger partial charge in [0.2, 0.25) is 5.95 Å². The van der Waals surface area contributed by atoms with Crippen LogP contribution in [0.25, 0.3) is 21.8 Å². The van der Waals surface area contributed by atoms with Crippen LogP contribution in [0.2, 0.25) is 0 Å². The summed E-state index contributed by atoms with van der Waals surface area (Å²) in [5.41, 5.74) is 0.202. The summed E-state index contributed by atoms with van der Waals surface area (Å²) < 4.78 is 77.2. The number of benzene rings is 2. The summed E-state index contributed by atoms with van der Waals surface area (Å²) in [6.45, 7) is 2.21. The van der Waals surface area contributed by atoms with Crippen LogP contribution < -0.4 is 14.9 Å². The molecule has 0 unspecified atom stereocenters. The fraction of sp³-hybridized carbons (Fsp3) is 0.208. The molecule has 38 heavy (non-hydrogen) atoms. The molecule has 9 nitrogen and oxygen atoms in total. The maximum atomic E-state index is 15.9. The third kappa shape index (κ3) is 5.01. The lowest BCUT2D eigenvalue weighted by molar-refractivity contribution is 0.122. The van der Waals surface area contributed by atoms with E-state index in [1.54, 1.807) is 19.3 Å². The van der Waals surface area contributed by atoms with E-state index >= 15 is 4.39 Å². The molecular formula is C24H21F3N6O3S2. The van der Waals surface area contributed by atoms with Gasteiger partial charge in [0.15, 0.2) is 15.8 Å². The Kier molecular flexibility index (Phi) is 7.19. The molecule has 5 rings (SSSR count). The molecule has 2 N–H and O–H groups in total. The minimum absolute atomic E-state index is 0.0189. The van der Waals surface area contributed by atoms with Crippen molar-refractivity contribution < 1.29 is 26.3 Å². The van der Waals surface area contributed by atoms with Crippen LogP contribution >= 0.6 is 11.3 Å². The summed E-state index contributed by atoms with van der Waals surface area (Å²) in [5, 5.41) is 3.47. The molecule has 1 fully saturated rings. The fourth-order valence-corrected chi connectivity index (χ4v) is 6.19. The van der Waals surface area contributed by atoms with Gasteiger partial charge in [-0.1, -0.05) is 23.5 Å². The van der Waals surface area contributed by atoms with Crippen molar-refractivity contribution in [1.82, 2.24) is 15.0 Å². The van der Waals surface area contributed by atoms with Crippen LogP contribution in [0, 0.1) is 17.5 Å². The van der Waals surface area contributed by atoms with E-state index in [-0.39, 0.29) is 11.3 Å². The number of morpholine rings is 1. The Hall–Kier alpha value is -3.75. The van der Waals surface area contributed by atoms with Crippen LogP contribution in [-0.4, -0.2) is 56.7 Å². The first kappa shape index (κ1) is 25.9. The summed E-state index contributed by atoms with van der Waals surface area (Å²) in [6.07, 6.45) is 1.55. The summed E-state index contributed by atoms with van der Waals surface area (Å²) in [4.78, 5) is 14.6. The van der Waals surface area contributed by atoms with Crippen molar-refractivity contribution in [3.8, 4) is 21.8 Å². The van der Waals surface area contributed by atoms with Crippen LogP contribution in [-0.2, 0) is 14.8 Å². The van der Waals surface area contributed by atoms with Gasteiger partial charge in [0.05, 0.1) is 35.2 Å². The molecule has 0 amide bonds. The summed E-state index contributed by atoms with van der Waals surface area (Å²) in [6, 6.07) is 8.33. The van der Waals surface area contributed by atoms with Crippen LogP contribution in [0.3, 0.4) is 0 Å². The van der Waals surface area contributed by atoms with Crippen molar-refractivity contribution in [2.75, 3.05) is 48.3 Å². The van der Waals surface area contributed by atoms with Gasteiger partial charge >= 0.3 is 0 Å². The Labute approximate surface area is 220 Å². The highest BCUT2D eigenvalue weighted by atomic mass is 32.2. The van der Waals surface area contributed by atoms with E-state index in [9.17, 15) is 17.2 Å². The molecule has 0 bridgehead atoms. The first-order valence-electron chi connectivity index (χ1n) is 11.4. The van der Waals surface area contributed by atoms with Gasteiger partial charge in [-0.2, -0.15) is 0 Å². The van der Waals surface area contributed by atoms with E-state index in [2.05, 4.69) is 15.3 Å². The van der Waals surface area contributed by atoms with Crippen molar-refractivity contribution in [3.05, 3.63) is 66.1 Å². The lowest BCUT2D eigenvalue weighted by Gasteiger charge is -2.26. The quantitative estimate of drug-likeness (QED) is 0.342. The zero-order valence-corrected chi connectivity index (χ0v) is 21.5. The smallest absolute Gasteiger partial charge is 0.267 e. The average molecular weight is 563 g/mol. The van der Waals surface area contributed by atoms with Crippen molar-refractivity contribution in [3.63, 3.8) is 0 Å². The summed E-state index contributed by atoms with van der Waals surface area (Å²) in [5.74, 6) is -3.20. The molecular weight excluding hydrogens is 541 g/mol. The van der Waals surface area contributed by atoms with E-state index in [0.29, 0.717) is 48.0 Å². The highest BCUT2D eigenvalue weighted by Gasteiger charge is 2.28. The van der Waals surface area contributed by atoms with Gasteiger partial charge in [0.1, 0.15) is 11.6 Å². The zero-order chi connectivity index (χ0) is 26.9. The number of rotatable bonds is 7. The van der Waals surface area contributed by atoms with E-state index < -0.39 is 38.1 Å². The summed E-state index contributed by atoms with van der Waals surface area (Å²) >= 11 is 1.30. The van der Waals surface area contributed by atoms with Gasteiger partial charge in [-0.3, -0.25) is 4.72 Å². The molecule has 0 spiro atoms. The number of hydrogen-bond donors (Lipinski definition) is 2. The second kappa shape index (κ2) is 10.6. The van der Waals surface area contributed by atoms with E-state index in [1.165, 1.54) is 23.5 Å². The van der Waals surface area contributed by atoms with Gasteiger partial charge in [-0.15, -0.1) is 0 Å². The first-order valence-corrected chi connectivity index (χ1v) is 13.7. The number of thiazole rings is 1. The molecule has 0 aliphatic carbocycles. The van der Waals surface area contributed by atoms with E-state index in [0.717, 1.165) is 24.3 Å². The second-order valence-corrected chi connectivity index (χ2v) is 10.7. The third-order valence-electron chi connectivity index (χ3n) is 5.70. The maximum Gasteiger partial charge on any atom is 0.267 e. The number of aromatic nitrogens is 3. The largest absolute Gasteiger partial charge is 0.378 e. The molecule has 1 aliphatic heterocycles. The highest BCUT2D eigenvalue weighted by Crippen LogP contribution is 2.42. The number of anilines is 3. The molecule has 14 heteroatoms. The van der Waals surface area contributed by atoms with Crippen molar-refractivity contribution in [2.24, 2.45) is 0 Å². The zero-order valence-electron chi connectivity index (χ0n) is 19.9. The van der Waals surface area contributed by atoms with Gasteiger partial charge in [0.25, 0.3) is 10.0 Å². The monoisotopic (exact) mass is 562 g/mol. The van der Waals surface area contributed by atoms with Crippen LogP contribution in [0.15, 0.2) is 53.6 Å². The van der Waals surface area contributed by atoms with Gasteiger partial charge in [0, 0.05) is 31.9 Å². The average Bonchev–Trinajstić information content (AvgIpc) is 3.35. The molecule has 0 atom stereocenters. The predicted molar refractivity (Wildman–Crippen MR) is 138 cm³/mol. The Bertz CT molecular complexity index is 1570. The molecule has 1 aliphatic rings. The fourth-order valence-electron chi connectivity index (χ4n) is 3.89. The van der Waals surface area contributed by atoms with Gasteiger partial charge < -0.3 is 15.0 Å². The number of sulfonamides is 1. The van der Waals surface area contributed by atoms with Crippen molar-refractivity contribution in [2.45, 2.75) is 4.90 Å². The lowest BCUT2D eigenvalue weighted by Crippen LogP contribution is -2.36. The Morgan fingerprint density at radius 1 is 1.00 bits per heavy atom. The standard InChI is InChI=1S/C24H21F3N6O3S2/c1-28-23-29-9-8-18(30-23)21-20(31-24(37-21)33-10-12-36-13-11-33)14-4-2-7-17(19(14)27)32-38(34,35)22-15(25)5-3-6-16(22)26/h2-9,32H,10-13H2,1H3,(H,28,29,30). The molecule has 4 aromatic rings. The minimum Gasteiger partial charge on any atom is -0.378 e. The predicted octanol–water partition coefficient (Wildman–Crippen LogP) is 4.36. The lowest BCUT2D eigenvalue weighted by atomic mass is 10.1. The number of halogens is 3. The SMILES string of the molecule is CNc1nccc(-c2sc(N3CCOCC3)nc2-c2cccc(NS(=O)(=O)c3c(F)cccc3F)c2F)n1. The van der Waals surface area contributed by atoms with Gasteiger partial charge in [-0.05, 0) is 30.3 Å². The molecule has 198 valence electrons. The minimum atomic E-state index is -4.79. The van der Waals surface area contributed by atoms with E-state index in [1.807, 2.05) is 9.62 Å². The van der Waals surface area contributed by atoms with Crippen LogP contribution in [0.1, 0.15) is 0 Å². The molecule has 0 saturated carbocycles. The number of nitrogens with one attached hydrogen (secondary N) is 2. The van der Waals surface area contributed by atoms with Crippen molar-refractivity contribution >= 4 is 38.1 Å². The van der Waals surface area contributed by atoms with E-state index in [4.69, 9.17) is 9.72 Å². The Morgan fingerprint density at radius 3 is 2.42 bits per heavy atom. The third-order valence-corrected chi connectivity index (χ3v) is 8.25. The molecule has 2 aromatic carbocycles. The molecule has 3 heterocycles. The van der Waals surface area contributed by atoms with Crippen LogP contribution in [0.4, 0.5) is 29.9 Å². The second-order valence-electron chi connectivity index (χ2n) is 8.11. The van der Waals surface area contributed by atoms with Gasteiger partial charge in [-0.25, -0.2) is 36.5 Å². The normalized spacial score (nSPS) is 13.9. The maximum absolute atomic E-state index is 15.9. The van der Waals surface area contributed by atoms with Crippen molar-refractivity contribution in [1.29, 1.82) is 0 Å². The Morgan fingerprint density at radius 2 is 1.71 bits per heavy atom.